The number of thioether (sulfide) groups is 1. The minimum Gasteiger partial charge on any atom is -0.497 e. The minimum absolute atomic E-state index is 0.159. The molecule has 1 aromatic heterocycles. The second-order valence-electron chi connectivity index (χ2n) is 6.47. The number of methoxy groups -OCH3 is 2. The molecule has 2 aromatic carbocycles. The topological polar surface area (TPSA) is 82.5 Å². The summed E-state index contributed by atoms with van der Waals surface area (Å²) in [6, 6.07) is 12.3. The first-order chi connectivity index (χ1) is 14.5. The molecule has 0 radical (unpaired) electrons. The van der Waals surface area contributed by atoms with Gasteiger partial charge in [-0.25, -0.2) is 4.98 Å². The maximum atomic E-state index is 12.9. The van der Waals surface area contributed by atoms with Crippen LogP contribution in [0.1, 0.15) is 6.92 Å². The Hall–Kier alpha value is -3.26. The highest BCUT2D eigenvalue weighted by molar-refractivity contribution is 8.00. The van der Waals surface area contributed by atoms with Crippen molar-refractivity contribution in [1.82, 2.24) is 9.55 Å². The van der Waals surface area contributed by atoms with Crippen molar-refractivity contribution in [2.45, 2.75) is 23.9 Å². The summed E-state index contributed by atoms with van der Waals surface area (Å²) in [7, 11) is 3.09. The molecular formula is C22H23N3O4S. The first-order valence-corrected chi connectivity index (χ1v) is 10.2. The fraction of sp³-hybridized carbons (Fsp3) is 0.227. The van der Waals surface area contributed by atoms with Gasteiger partial charge in [-0.2, -0.15) is 0 Å². The second kappa shape index (κ2) is 9.49. The number of nitrogens with zero attached hydrogens (tertiary/aromatic N) is 2. The van der Waals surface area contributed by atoms with E-state index in [1.54, 1.807) is 63.6 Å². The van der Waals surface area contributed by atoms with Crippen molar-refractivity contribution in [3.63, 3.8) is 0 Å². The number of carbonyl (C=O) groups is 1. The van der Waals surface area contributed by atoms with Gasteiger partial charge in [-0.15, -0.1) is 6.58 Å². The van der Waals surface area contributed by atoms with Crippen LogP contribution in [-0.4, -0.2) is 34.9 Å². The summed E-state index contributed by atoms with van der Waals surface area (Å²) in [5, 5.41) is 3.35. The maximum absolute atomic E-state index is 12.9. The molecule has 3 rings (SSSR count). The van der Waals surface area contributed by atoms with E-state index in [1.165, 1.54) is 16.3 Å². The fourth-order valence-electron chi connectivity index (χ4n) is 2.86. The van der Waals surface area contributed by atoms with Crippen molar-refractivity contribution in [3.05, 3.63) is 65.5 Å². The lowest BCUT2D eigenvalue weighted by atomic mass is 10.2. The number of para-hydroxylation sites is 1. The van der Waals surface area contributed by atoms with Crippen molar-refractivity contribution in [3.8, 4) is 11.5 Å². The number of fused-ring (bicyclic) bond motifs is 1. The Kier molecular flexibility index (Phi) is 6.79. The summed E-state index contributed by atoms with van der Waals surface area (Å²) in [6.07, 6.45) is 1.63. The number of nitrogens with one attached hydrogen (secondary N) is 1. The van der Waals surface area contributed by atoms with E-state index in [1.807, 2.05) is 6.07 Å². The Labute approximate surface area is 178 Å². The number of rotatable bonds is 8. The summed E-state index contributed by atoms with van der Waals surface area (Å²) < 4.78 is 12.0. The van der Waals surface area contributed by atoms with Gasteiger partial charge in [0.25, 0.3) is 5.56 Å². The number of hydrogen-bond acceptors (Lipinski definition) is 6. The van der Waals surface area contributed by atoms with Gasteiger partial charge in [0.2, 0.25) is 5.91 Å². The molecule has 30 heavy (non-hydrogen) atoms. The van der Waals surface area contributed by atoms with Crippen molar-refractivity contribution in [1.29, 1.82) is 0 Å². The standard InChI is InChI=1S/C22H23N3O4S/c1-5-10-25-21(27)18-8-6-7-9-19(18)24-22(25)30-14(2)20(26)23-15-11-16(28-3)13-17(12-15)29-4/h5-9,11-14H,1,10H2,2-4H3,(H,23,26). The van der Waals surface area contributed by atoms with Gasteiger partial charge in [-0.1, -0.05) is 30.0 Å². The Balaban J connectivity index is 1.86. The highest BCUT2D eigenvalue weighted by atomic mass is 32.2. The summed E-state index contributed by atoms with van der Waals surface area (Å²) >= 11 is 1.22. The van der Waals surface area contributed by atoms with Crippen LogP contribution in [-0.2, 0) is 11.3 Å². The van der Waals surface area contributed by atoms with E-state index in [0.29, 0.717) is 39.8 Å². The number of anilines is 1. The van der Waals surface area contributed by atoms with Crippen LogP contribution in [0, 0.1) is 0 Å². The maximum Gasteiger partial charge on any atom is 0.262 e. The largest absolute Gasteiger partial charge is 0.497 e. The third-order valence-electron chi connectivity index (χ3n) is 4.41. The quantitative estimate of drug-likeness (QED) is 0.337. The van der Waals surface area contributed by atoms with Crippen LogP contribution in [0.25, 0.3) is 10.9 Å². The van der Waals surface area contributed by atoms with Crippen molar-refractivity contribution in [2.75, 3.05) is 19.5 Å². The monoisotopic (exact) mass is 425 g/mol. The molecule has 0 saturated heterocycles. The molecule has 156 valence electrons. The average Bonchev–Trinajstić information content (AvgIpc) is 2.76. The van der Waals surface area contributed by atoms with E-state index in [2.05, 4.69) is 16.9 Å². The van der Waals surface area contributed by atoms with E-state index >= 15 is 0 Å². The van der Waals surface area contributed by atoms with E-state index < -0.39 is 5.25 Å². The zero-order chi connectivity index (χ0) is 21.7. The number of carbonyl (C=O) groups excluding carboxylic acids is 1. The molecule has 0 aliphatic carbocycles. The Morgan fingerprint density at radius 3 is 2.53 bits per heavy atom. The molecule has 0 aliphatic rings. The third kappa shape index (κ3) is 4.65. The summed E-state index contributed by atoms with van der Waals surface area (Å²) in [5.74, 6) is 0.907. The summed E-state index contributed by atoms with van der Waals surface area (Å²) in [4.78, 5) is 30.2. The van der Waals surface area contributed by atoms with Crippen LogP contribution in [0.3, 0.4) is 0 Å². The van der Waals surface area contributed by atoms with E-state index in [4.69, 9.17) is 9.47 Å². The van der Waals surface area contributed by atoms with Gasteiger partial charge in [0, 0.05) is 30.4 Å². The fourth-order valence-corrected chi connectivity index (χ4v) is 3.78. The van der Waals surface area contributed by atoms with Crippen LogP contribution >= 0.6 is 11.8 Å². The van der Waals surface area contributed by atoms with Crippen LogP contribution in [0.5, 0.6) is 11.5 Å². The Bertz CT molecular complexity index is 1120. The van der Waals surface area contributed by atoms with Gasteiger partial charge in [0.1, 0.15) is 11.5 Å². The van der Waals surface area contributed by atoms with Gasteiger partial charge >= 0.3 is 0 Å². The number of hydrogen-bond donors (Lipinski definition) is 1. The van der Waals surface area contributed by atoms with E-state index in [-0.39, 0.29) is 11.5 Å². The predicted octanol–water partition coefficient (Wildman–Crippen LogP) is 3.72. The Morgan fingerprint density at radius 1 is 1.23 bits per heavy atom. The van der Waals surface area contributed by atoms with Gasteiger partial charge in [-0.3, -0.25) is 14.2 Å². The van der Waals surface area contributed by atoms with Gasteiger partial charge in [0.15, 0.2) is 5.16 Å². The highest BCUT2D eigenvalue weighted by Crippen LogP contribution is 2.28. The molecule has 1 atom stereocenters. The first kappa shape index (κ1) is 21.4. The normalized spacial score (nSPS) is 11.7. The van der Waals surface area contributed by atoms with Crippen molar-refractivity contribution in [2.24, 2.45) is 0 Å². The van der Waals surface area contributed by atoms with E-state index in [9.17, 15) is 9.59 Å². The second-order valence-corrected chi connectivity index (χ2v) is 7.77. The van der Waals surface area contributed by atoms with Gasteiger partial charge in [-0.05, 0) is 19.1 Å². The summed E-state index contributed by atoms with van der Waals surface area (Å²) in [6.45, 7) is 5.79. The lowest BCUT2D eigenvalue weighted by Gasteiger charge is -2.16. The average molecular weight is 426 g/mol. The smallest absolute Gasteiger partial charge is 0.262 e. The number of ether oxygens (including phenoxy) is 2. The SMILES string of the molecule is C=CCn1c(SC(C)C(=O)Nc2cc(OC)cc(OC)c2)nc2ccccc2c1=O. The van der Waals surface area contributed by atoms with Crippen LogP contribution < -0.4 is 20.3 Å². The van der Waals surface area contributed by atoms with Crippen LogP contribution in [0.4, 0.5) is 5.69 Å². The first-order valence-electron chi connectivity index (χ1n) is 9.28. The van der Waals surface area contributed by atoms with Crippen molar-refractivity contribution < 1.29 is 14.3 Å². The predicted molar refractivity (Wildman–Crippen MR) is 120 cm³/mol. The summed E-state index contributed by atoms with van der Waals surface area (Å²) in [5.41, 5.74) is 0.988. The number of benzene rings is 2. The molecule has 3 aromatic rings. The van der Waals surface area contributed by atoms with Gasteiger partial charge < -0.3 is 14.8 Å². The molecule has 0 aliphatic heterocycles. The molecule has 0 saturated carbocycles. The lowest BCUT2D eigenvalue weighted by molar-refractivity contribution is -0.115. The molecule has 1 unspecified atom stereocenters. The van der Waals surface area contributed by atoms with Crippen molar-refractivity contribution >= 4 is 34.3 Å². The Morgan fingerprint density at radius 2 is 1.90 bits per heavy atom. The molecule has 7 nitrogen and oxygen atoms in total. The number of amides is 1. The lowest BCUT2D eigenvalue weighted by Crippen LogP contribution is -2.26. The number of aromatic nitrogens is 2. The molecule has 0 fully saturated rings. The molecule has 8 heteroatoms. The molecule has 0 spiro atoms. The third-order valence-corrected chi connectivity index (χ3v) is 5.50. The molecule has 1 amide bonds. The number of allylic oxidation sites excluding steroid dienone is 1. The molecule has 1 N–H and O–H groups in total. The molecule has 0 bridgehead atoms. The zero-order valence-corrected chi connectivity index (χ0v) is 17.9. The minimum atomic E-state index is -0.508. The molecular weight excluding hydrogens is 402 g/mol. The highest BCUT2D eigenvalue weighted by Gasteiger charge is 2.20. The van der Waals surface area contributed by atoms with Crippen LogP contribution in [0.15, 0.2) is 65.1 Å². The van der Waals surface area contributed by atoms with E-state index in [0.717, 1.165) is 0 Å². The zero-order valence-electron chi connectivity index (χ0n) is 17.0. The molecule has 1 heterocycles. The van der Waals surface area contributed by atoms with Gasteiger partial charge in [0.05, 0.1) is 30.4 Å². The van der Waals surface area contributed by atoms with Crippen LogP contribution in [0.2, 0.25) is 0 Å².